The lowest BCUT2D eigenvalue weighted by molar-refractivity contribution is -0.370. The first-order valence-corrected chi connectivity index (χ1v) is 6.06. The van der Waals surface area contributed by atoms with E-state index < -0.39 is 47.7 Å². The van der Waals surface area contributed by atoms with Crippen molar-refractivity contribution in [1.82, 2.24) is 4.72 Å². The standard InChI is InChI=1S/C8H12F7NO2S/c1-3-5(4-2,16-19(17)18)6(9,10)7(11,12)8(13,14)15/h16H,3-4H2,1-2H3,(H,17,18)/p-1. The molecule has 0 rings (SSSR count). The van der Waals surface area contributed by atoms with Crippen molar-refractivity contribution in [3.05, 3.63) is 0 Å². The summed E-state index contributed by atoms with van der Waals surface area (Å²) in [5.74, 6) is -12.0. The monoisotopic (exact) mass is 318 g/mol. The molecule has 116 valence electrons. The highest BCUT2D eigenvalue weighted by Crippen LogP contribution is 2.52. The molecule has 1 atom stereocenters. The largest absolute Gasteiger partial charge is 0.760 e. The van der Waals surface area contributed by atoms with Gasteiger partial charge in [-0.3, -0.25) is 4.21 Å². The topological polar surface area (TPSA) is 52.2 Å². The van der Waals surface area contributed by atoms with Crippen LogP contribution in [0, 0.1) is 0 Å². The Hall–Kier alpha value is -0.420. The number of hydrogen-bond acceptors (Lipinski definition) is 2. The van der Waals surface area contributed by atoms with E-state index in [1.54, 1.807) is 0 Å². The molecule has 0 saturated carbocycles. The third kappa shape index (κ3) is 3.02. The van der Waals surface area contributed by atoms with Gasteiger partial charge in [-0.25, -0.2) is 4.72 Å². The van der Waals surface area contributed by atoms with E-state index in [0.717, 1.165) is 18.6 Å². The third-order valence-electron chi connectivity index (χ3n) is 2.84. The fraction of sp³-hybridized carbons (Fsp3) is 1.00. The summed E-state index contributed by atoms with van der Waals surface area (Å²) in [6.07, 6.45) is -8.40. The minimum Gasteiger partial charge on any atom is -0.760 e. The van der Waals surface area contributed by atoms with Crippen molar-refractivity contribution in [1.29, 1.82) is 0 Å². The normalized spacial score (nSPS) is 16.5. The van der Waals surface area contributed by atoms with Crippen LogP contribution in [0.5, 0.6) is 0 Å². The molecule has 19 heavy (non-hydrogen) atoms. The van der Waals surface area contributed by atoms with Crippen LogP contribution in [-0.2, 0) is 11.3 Å². The lowest BCUT2D eigenvalue weighted by Gasteiger charge is -2.43. The van der Waals surface area contributed by atoms with E-state index in [1.165, 1.54) is 0 Å². The highest BCUT2D eigenvalue weighted by Gasteiger charge is 2.78. The van der Waals surface area contributed by atoms with Gasteiger partial charge in [0, 0.05) is 11.3 Å². The second kappa shape index (κ2) is 5.52. The molecular formula is C8H11F7NO2S-. The highest BCUT2D eigenvalue weighted by atomic mass is 32.2. The maximum absolute atomic E-state index is 13.6. The molecular weight excluding hydrogens is 307 g/mol. The molecule has 0 aliphatic rings. The molecule has 1 unspecified atom stereocenters. The van der Waals surface area contributed by atoms with Crippen LogP contribution >= 0.6 is 0 Å². The molecule has 0 aromatic carbocycles. The minimum absolute atomic E-state index is 0.879. The zero-order valence-electron chi connectivity index (χ0n) is 9.78. The van der Waals surface area contributed by atoms with Gasteiger partial charge < -0.3 is 4.55 Å². The van der Waals surface area contributed by atoms with Crippen LogP contribution in [0.15, 0.2) is 0 Å². The van der Waals surface area contributed by atoms with Gasteiger partial charge in [-0.05, 0) is 12.8 Å². The molecule has 0 heterocycles. The Balaban J connectivity index is 5.86. The average molecular weight is 318 g/mol. The molecule has 3 nitrogen and oxygen atoms in total. The van der Waals surface area contributed by atoms with E-state index in [2.05, 4.69) is 0 Å². The van der Waals surface area contributed by atoms with Gasteiger partial charge in [0.25, 0.3) is 0 Å². The Bertz CT molecular complexity index is 340. The predicted octanol–water partition coefficient (Wildman–Crippen LogP) is 2.76. The van der Waals surface area contributed by atoms with Gasteiger partial charge in [-0.2, -0.15) is 30.7 Å². The summed E-state index contributed by atoms with van der Waals surface area (Å²) >= 11 is -3.42. The molecule has 1 N–H and O–H groups in total. The number of hydrogen-bond donors (Lipinski definition) is 1. The van der Waals surface area contributed by atoms with Crippen molar-refractivity contribution >= 4 is 11.3 Å². The van der Waals surface area contributed by atoms with E-state index in [1.807, 2.05) is 0 Å². The first kappa shape index (κ1) is 18.6. The molecule has 0 amide bonds. The van der Waals surface area contributed by atoms with Gasteiger partial charge in [0.15, 0.2) is 0 Å². The van der Waals surface area contributed by atoms with Gasteiger partial charge in [0.1, 0.15) is 0 Å². The molecule has 0 aliphatic carbocycles. The summed E-state index contributed by atoms with van der Waals surface area (Å²) < 4.78 is 111. The van der Waals surface area contributed by atoms with Crippen LogP contribution in [0.3, 0.4) is 0 Å². The van der Waals surface area contributed by atoms with Crippen LogP contribution in [-0.4, -0.2) is 32.3 Å². The maximum Gasteiger partial charge on any atom is 0.459 e. The van der Waals surface area contributed by atoms with Gasteiger partial charge in [0.05, 0.1) is 5.54 Å². The number of halogens is 7. The van der Waals surface area contributed by atoms with Crippen molar-refractivity contribution in [3.8, 4) is 0 Å². The van der Waals surface area contributed by atoms with E-state index in [-0.39, 0.29) is 0 Å². The molecule has 0 spiro atoms. The minimum atomic E-state index is -6.50. The quantitative estimate of drug-likeness (QED) is 0.605. The summed E-state index contributed by atoms with van der Waals surface area (Å²) in [4.78, 5) is 0. The van der Waals surface area contributed by atoms with E-state index in [9.17, 15) is 39.5 Å². The lowest BCUT2D eigenvalue weighted by atomic mass is 9.83. The second-order valence-corrected chi connectivity index (χ2v) is 4.45. The number of rotatable bonds is 6. The first-order chi connectivity index (χ1) is 8.29. The van der Waals surface area contributed by atoms with Crippen LogP contribution in [0.2, 0.25) is 0 Å². The number of nitrogens with one attached hydrogen (secondary N) is 1. The Morgan fingerprint density at radius 3 is 1.53 bits per heavy atom. The molecule has 0 aromatic rings. The summed E-state index contributed by atoms with van der Waals surface area (Å²) in [5.41, 5.74) is -3.22. The Morgan fingerprint density at radius 1 is 0.947 bits per heavy atom. The molecule has 11 heteroatoms. The molecule has 0 aliphatic heterocycles. The van der Waals surface area contributed by atoms with Crippen molar-refractivity contribution < 1.29 is 39.5 Å². The Kier molecular flexibility index (Phi) is 5.40. The SMILES string of the molecule is CCC(CC)(NS(=O)[O-])C(F)(F)C(F)(F)C(F)(F)F. The first-order valence-electron chi connectivity index (χ1n) is 4.98. The average Bonchev–Trinajstić information content (AvgIpc) is 2.23. The fourth-order valence-electron chi connectivity index (χ4n) is 1.54. The van der Waals surface area contributed by atoms with Gasteiger partial charge in [0.2, 0.25) is 0 Å². The molecule has 0 fully saturated rings. The zero-order chi connectivity index (χ0) is 15.7. The zero-order valence-corrected chi connectivity index (χ0v) is 10.6. The van der Waals surface area contributed by atoms with Gasteiger partial charge in [-0.1, -0.05) is 13.8 Å². The van der Waals surface area contributed by atoms with Crippen LogP contribution in [0.4, 0.5) is 30.7 Å². The lowest BCUT2D eigenvalue weighted by Crippen LogP contribution is -2.69. The molecule has 0 bridgehead atoms. The summed E-state index contributed by atoms with van der Waals surface area (Å²) in [7, 11) is 0. The molecule has 0 radical (unpaired) electrons. The third-order valence-corrected chi connectivity index (χ3v) is 3.39. The second-order valence-electron chi connectivity index (χ2n) is 3.77. The van der Waals surface area contributed by atoms with Crippen LogP contribution in [0.1, 0.15) is 26.7 Å². The smallest absolute Gasteiger partial charge is 0.459 e. The number of alkyl halides is 7. The van der Waals surface area contributed by atoms with E-state index in [0.29, 0.717) is 0 Å². The van der Waals surface area contributed by atoms with E-state index in [4.69, 9.17) is 0 Å². The predicted molar refractivity (Wildman–Crippen MR) is 51.3 cm³/mol. The highest BCUT2D eigenvalue weighted by molar-refractivity contribution is 7.77. The molecule has 0 saturated heterocycles. The van der Waals surface area contributed by atoms with Gasteiger partial charge in [-0.15, -0.1) is 0 Å². The Labute approximate surface area is 107 Å². The van der Waals surface area contributed by atoms with Crippen molar-refractivity contribution in [2.75, 3.05) is 0 Å². The fourth-order valence-corrected chi connectivity index (χ4v) is 2.28. The van der Waals surface area contributed by atoms with Crippen molar-refractivity contribution in [3.63, 3.8) is 0 Å². The summed E-state index contributed by atoms with van der Waals surface area (Å²) in [6.45, 7) is 1.76. The van der Waals surface area contributed by atoms with Gasteiger partial charge >= 0.3 is 18.0 Å². The van der Waals surface area contributed by atoms with E-state index >= 15 is 0 Å². The van der Waals surface area contributed by atoms with Crippen LogP contribution in [0.25, 0.3) is 0 Å². The van der Waals surface area contributed by atoms with Crippen molar-refractivity contribution in [2.45, 2.75) is 50.2 Å². The van der Waals surface area contributed by atoms with Crippen LogP contribution < -0.4 is 4.72 Å². The summed E-state index contributed by atoms with van der Waals surface area (Å²) in [6, 6.07) is 0. The van der Waals surface area contributed by atoms with Crippen molar-refractivity contribution in [2.24, 2.45) is 0 Å². The summed E-state index contributed by atoms with van der Waals surface area (Å²) in [5, 5.41) is 0. The Morgan fingerprint density at radius 2 is 1.32 bits per heavy atom. The maximum atomic E-state index is 13.6. The molecule has 0 aromatic heterocycles.